The van der Waals surface area contributed by atoms with Gasteiger partial charge in [-0.15, -0.1) is 0 Å². The standard InChI is InChI=1S/C15H26N2O/c1-18-12-13-6-5-9-17(11-13)15-8-4-2-3-7-14(15)10-16/h13-15H,2-9,11-12H2,1H3. The molecule has 2 rings (SSSR count). The van der Waals surface area contributed by atoms with E-state index in [4.69, 9.17) is 4.74 Å². The number of nitrogens with zero attached hydrogens (tertiary/aromatic N) is 2. The van der Waals surface area contributed by atoms with Crippen molar-refractivity contribution < 1.29 is 4.74 Å². The highest BCUT2D eigenvalue weighted by Crippen LogP contribution is 2.30. The van der Waals surface area contributed by atoms with Crippen LogP contribution < -0.4 is 0 Å². The summed E-state index contributed by atoms with van der Waals surface area (Å²) < 4.78 is 5.30. The van der Waals surface area contributed by atoms with Crippen LogP contribution in [0.15, 0.2) is 0 Å². The van der Waals surface area contributed by atoms with Crippen molar-refractivity contribution in [1.29, 1.82) is 5.26 Å². The summed E-state index contributed by atoms with van der Waals surface area (Å²) in [7, 11) is 1.79. The molecular formula is C15H26N2O. The van der Waals surface area contributed by atoms with Crippen LogP contribution >= 0.6 is 0 Å². The van der Waals surface area contributed by atoms with Crippen LogP contribution in [0.1, 0.15) is 44.9 Å². The van der Waals surface area contributed by atoms with Gasteiger partial charge in [0.15, 0.2) is 0 Å². The zero-order chi connectivity index (χ0) is 12.8. The van der Waals surface area contributed by atoms with E-state index in [0.29, 0.717) is 12.0 Å². The highest BCUT2D eigenvalue weighted by atomic mass is 16.5. The van der Waals surface area contributed by atoms with Gasteiger partial charge in [-0.05, 0) is 38.1 Å². The van der Waals surface area contributed by atoms with Crippen LogP contribution in [0, 0.1) is 23.2 Å². The van der Waals surface area contributed by atoms with E-state index in [-0.39, 0.29) is 5.92 Å². The van der Waals surface area contributed by atoms with Crippen molar-refractivity contribution in [2.75, 3.05) is 26.8 Å². The number of likely N-dealkylation sites (tertiary alicyclic amines) is 1. The predicted molar refractivity (Wildman–Crippen MR) is 72.1 cm³/mol. The number of piperidine rings is 1. The van der Waals surface area contributed by atoms with Crippen molar-refractivity contribution in [2.45, 2.75) is 51.0 Å². The Morgan fingerprint density at radius 2 is 2.00 bits per heavy atom. The highest BCUT2D eigenvalue weighted by molar-refractivity contribution is 4.95. The van der Waals surface area contributed by atoms with Gasteiger partial charge in [-0.1, -0.05) is 19.3 Å². The fraction of sp³-hybridized carbons (Fsp3) is 0.933. The lowest BCUT2D eigenvalue weighted by Crippen LogP contribution is -2.46. The van der Waals surface area contributed by atoms with Gasteiger partial charge in [0.05, 0.1) is 18.6 Å². The number of methoxy groups -OCH3 is 1. The molecule has 0 N–H and O–H groups in total. The molecule has 0 amide bonds. The molecule has 0 bridgehead atoms. The molecule has 0 radical (unpaired) electrons. The zero-order valence-corrected chi connectivity index (χ0v) is 11.6. The minimum Gasteiger partial charge on any atom is -0.384 e. The second-order valence-electron chi connectivity index (χ2n) is 5.90. The molecule has 3 nitrogen and oxygen atoms in total. The molecule has 3 unspecified atom stereocenters. The number of hydrogen-bond acceptors (Lipinski definition) is 3. The number of rotatable bonds is 3. The van der Waals surface area contributed by atoms with Gasteiger partial charge in [-0.2, -0.15) is 5.26 Å². The van der Waals surface area contributed by atoms with Crippen molar-refractivity contribution in [3.8, 4) is 6.07 Å². The van der Waals surface area contributed by atoms with E-state index in [9.17, 15) is 5.26 Å². The largest absolute Gasteiger partial charge is 0.384 e. The first-order valence-corrected chi connectivity index (χ1v) is 7.47. The second kappa shape index (κ2) is 7.11. The van der Waals surface area contributed by atoms with Gasteiger partial charge >= 0.3 is 0 Å². The van der Waals surface area contributed by atoms with Crippen LogP contribution in [0.3, 0.4) is 0 Å². The quantitative estimate of drug-likeness (QED) is 0.723. The van der Waals surface area contributed by atoms with E-state index in [1.807, 2.05) is 0 Å². The van der Waals surface area contributed by atoms with Gasteiger partial charge in [0, 0.05) is 19.7 Å². The molecule has 2 fully saturated rings. The van der Waals surface area contributed by atoms with E-state index >= 15 is 0 Å². The van der Waals surface area contributed by atoms with Crippen molar-refractivity contribution in [1.82, 2.24) is 4.90 Å². The van der Waals surface area contributed by atoms with Gasteiger partial charge in [-0.3, -0.25) is 4.90 Å². The molecule has 3 atom stereocenters. The van der Waals surface area contributed by atoms with E-state index < -0.39 is 0 Å². The first-order chi connectivity index (χ1) is 8.85. The molecule has 0 aromatic carbocycles. The summed E-state index contributed by atoms with van der Waals surface area (Å²) in [6.07, 6.45) is 8.73. The van der Waals surface area contributed by atoms with Crippen LogP contribution in [0.25, 0.3) is 0 Å². The summed E-state index contributed by atoms with van der Waals surface area (Å²) in [4.78, 5) is 2.59. The molecule has 102 valence electrons. The zero-order valence-electron chi connectivity index (χ0n) is 11.6. The topological polar surface area (TPSA) is 36.3 Å². The summed E-state index contributed by atoms with van der Waals surface area (Å²) in [5.41, 5.74) is 0. The third-order valence-electron chi connectivity index (χ3n) is 4.57. The lowest BCUT2D eigenvalue weighted by atomic mass is 9.90. The van der Waals surface area contributed by atoms with E-state index in [2.05, 4.69) is 11.0 Å². The monoisotopic (exact) mass is 250 g/mol. The summed E-state index contributed by atoms with van der Waals surface area (Å²) in [5.74, 6) is 0.931. The molecule has 1 aliphatic carbocycles. The van der Waals surface area contributed by atoms with E-state index in [1.54, 1.807) is 7.11 Å². The number of ether oxygens (including phenoxy) is 1. The Kier molecular flexibility index (Phi) is 5.46. The molecule has 1 saturated carbocycles. The average Bonchev–Trinajstić information content (AvgIpc) is 2.64. The maximum absolute atomic E-state index is 9.38. The van der Waals surface area contributed by atoms with Crippen LogP contribution in [-0.2, 0) is 4.74 Å². The lowest BCUT2D eigenvalue weighted by Gasteiger charge is -2.39. The third kappa shape index (κ3) is 3.46. The molecule has 1 aliphatic heterocycles. The Hall–Kier alpha value is -0.590. The van der Waals surface area contributed by atoms with Crippen LogP contribution in [0.4, 0.5) is 0 Å². The van der Waals surface area contributed by atoms with Crippen LogP contribution in [0.2, 0.25) is 0 Å². The average molecular weight is 250 g/mol. The van der Waals surface area contributed by atoms with Gasteiger partial charge in [0.25, 0.3) is 0 Å². The Bertz CT molecular complexity index is 285. The minimum atomic E-state index is 0.258. The predicted octanol–water partition coefficient (Wildman–Crippen LogP) is 2.82. The summed E-state index contributed by atoms with van der Waals surface area (Å²) in [5, 5.41) is 9.38. The normalized spacial score (nSPS) is 34.8. The highest BCUT2D eigenvalue weighted by Gasteiger charge is 2.32. The Morgan fingerprint density at radius 3 is 2.78 bits per heavy atom. The minimum absolute atomic E-state index is 0.258. The summed E-state index contributed by atoms with van der Waals surface area (Å²) >= 11 is 0. The Morgan fingerprint density at radius 1 is 1.17 bits per heavy atom. The molecule has 0 spiro atoms. The number of hydrogen-bond donors (Lipinski definition) is 0. The maximum Gasteiger partial charge on any atom is 0.0672 e. The molecule has 0 aromatic rings. The molecule has 0 aromatic heterocycles. The summed E-state index contributed by atoms with van der Waals surface area (Å²) in [6.45, 7) is 3.19. The van der Waals surface area contributed by atoms with Gasteiger partial charge in [0.2, 0.25) is 0 Å². The lowest BCUT2D eigenvalue weighted by molar-refractivity contribution is 0.0548. The number of nitriles is 1. The van der Waals surface area contributed by atoms with E-state index in [1.165, 1.54) is 45.1 Å². The Balaban J connectivity index is 1.97. The molecule has 1 saturated heterocycles. The van der Waals surface area contributed by atoms with Gasteiger partial charge in [-0.25, -0.2) is 0 Å². The molecule has 18 heavy (non-hydrogen) atoms. The van der Waals surface area contributed by atoms with Crippen molar-refractivity contribution >= 4 is 0 Å². The van der Waals surface area contributed by atoms with Crippen molar-refractivity contribution in [3.05, 3.63) is 0 Å². The smallest absolute Gasteiger partial charge is 0.0672 e. The van der Waals surface area contributed by atoms with Crippen LogP contribution in [-0.4, -0.2) is 37.7 Å². The molecule has 3 heteroatoms. The van der Waals surface area contributed by atoms with Gasteiger partial charge in [0.1, 0.15) is 0 Å². The van der Waals surface area contributed by atoms with Crippen molar-refractivity contribution in [3.63, 3.8) is 0 Å². The van der Waals surface area contributed by atoms with E-state index in [0.717, 1.165) is 19.6 Å². The first kappa shape index (κ1) is 13.8. The second-order valence-corrected chi connectivity index (χ2v) is 5.90. The molecular weight excluding hydrogens is 224 g/mol. The Labute approximate surface area is 111 Å². The third-order valence-corrected chi connectivity index (χ3v) is 4.57. The maximum atomic E-state index is 9.38. The SMILES string of the molecule is COCC1CCCN(C2CCCCCC2C#N)C1. The van der Waals surface area contributed by atoms with Crippen molar-refractivity contribution in [2.24, 2.45) is 11.8 Å². The summed E-state index contributed by atoms with van der Waals surface area (Å²) in [6, 6.07) is 3.08. The fourth-order valence-electron chi connectivity index (χ4n) is 3.65. The molecule has 1 heterocycles. The van der Waals surface area contributed by atoms with Gasteiger partial charge < -0.3 is 4.74 Å². The fourth-order valence-corrected chi connectivity index (χ4v) is 3.65. The molecule has 2 aliphatic rings. The van der Waals surface area contributed by atoms with Crippen LogP contribution in [0.5, 0.6) is 0 Å². The first-order valence-electron chi connectivity index (χ1n) is 7.47.